The molecule has 0 aliphatic carbocycles. The van der Waals surface area contributed by atoms with Crippen LogP contribution in [0, 0.1) is 0 Å². The largest absolute Gasteiger partial charge is 0.448 e. The molecule has 4 heteroatoms. The second-order valence-corrected chi connectivity index (χ2v) is 6.28. The number of para-hydroxylation sites is 1. The maximum absolute atomic E-state index is 12.5. The second-order valence-electron chi connectivity index (χ2n) is 4.99. The van der Waals surface area contributed by atoms with E-state index in [9.17, 15) is 4.79 Å². The van der Waals surface area contributed by atoms with Gasteiger partial charge in [-0.15, -0.1) is 0 Å². The first-order valence-electron chi connectivity index (χ1n) is 7.38. The average molecular weight is 362 g/mol. The summed E-state index contributed by atoms with van der Waals surface area (Å²) in [6, 6.07) is 19.5. The lowest BCUT2D eigenvalue weighted by Gasteiger charge is -2.23. The molecule has 0 saturated heterocycles. The van der Waals surface area contributed by atoms with Gasteiger partial charge in [0.25, 0.3) is 0 Å². The normalized spacial score (nSPS) is 11.7. The molecule has 3 nitrogen and oxygen atoms in total. The fourth-order valence-corrected chi connectivity index (χ4v) is 2.12. The Balaban J connectivity index is 2.13. The Morgan fingerprint density at radius 3 is 2.27 bits per heavy atom. The Bertz CT molecular complexity index is 574. The van der Waals surface area contributed by atoms with E-state index in [-0.39, 0.29) is 10.9 Å². The van der Waals surface area contributed by atoms with Crippen LogP contribution in [0.3, 0.4) is 0 Å². The molecule has 0 aliphatic rings. The van der Waals surface area contributed by atoms with Crippen molar-refractivity contribution in [1.29, 1.82) is 0 Å². The number of halogens is 1. The molecule has 0 radical (unpaired) electrons. The van der Waals surface area contributed by atoms with Gasteiger partial charge in [-0.05, 0) is 24.1 Å². The lowest BCUT2D eigenvalue weighted by Crippen LogP contribution is -2.32. The molecule has 0 unspecified atom stereocenters. The van der Waals surface area contributed by atoms with Crippen molar-refractivity contribution in [1.82, 2.24) is 0 Å². The van der Waals surface area contributed by atoms with Crippen LogP contribution in [0.1, 0.15) is 18.9 Å². The van der Waals surface area contributed by atoms with Crippen LogP contribution in [0.2, 0.25) is 0 Å². The summed E-state index contributed by atoms with van der Waals surface area (Å²) in [5.41, 5.74) is 1.90. The molecule has 0 saturated carbocycles. The molecule has 1 atom stereocenters. The number of nitrogens with zero attached hydrogens (tertiary/aromatic N) is 1. The Labute approximate surface area is 140 Å². The molecule has 2 aromatic rings. The molecule has 0 bridgehead atoms. The Morgan fingerprint density at radius 1 is 1.09 bits per heavy atom. The number of carbonyl (C=O) groups is 1. The van der Waals surface area contributed by atoms with Gasteiger partial charge in [0.2, 0.25) is 0 Å². The zero-order valence-corrected chi connectivity index (χ0v) is 14.2. The Hall–Kier alpha value is -1.81. The van der Waals surface area contributed by atoms with E-state index in [4.69, 9.17) is 4.74 Å². The molecule has 0 spiro atoms. The van der Waals surface area contributed by atoms with Gasteiger partial charge in [0.1, 0.15) is 6.61 Å². The zero-order valence-electron chi connectivity index (χ0n) is 12.6. The van der Waals surface area contributed by atoms with Gasteiger partial charge in [0, 0.05) is 10.5 Å². The number of benzene rings is 2. The summed E-state index contributed by atoms with van der Waals surface area (Å²) in [5.74, 6) is 0. The van der Waals surface area contributed by atoms with Gasteiger partial charge in [0.05, 0.1) is 6.54 Å². The summed E-state index contributed by atoms with van der Waals surface area (Å²) in [7, 11) is 0. The fraction of sp³-hybridized carbons (Fsp3) is 0.278. The minimum Gasteiger partial charge on any atom is -0.448 e. The molecule has 0 fully saturated rings. The Morgan fingerprint density at radius 2 is 1.68 bits per heavy atom. The van der Waals surface area contributed by atoms with Crippen molar-refractivity contribution in [2.24, 2.45) is 0 Å². The van der Waals surface area contributed by atoms with Crippen molar-refractivity contribution in [3.63, 3.8) is 0 Å². The quantitative estimate of drug-likeness (QED) is 0.677. The maximum Gasteiger partial charge on any atom is 0.414 e. The molecule has 0 aliphatic heterocycles. The summed E-state index contributed by atoms with van der Waals surface area (Å²) in [6.45, 7) is 2.91. The van der Waals surface area contributed by atoms with Crippen LogP contribution in [0.15, 0.2) is 60.7 Å². The van der Waals surface area contributed by atoms with Crippen LogP contribution in [0.25, 0.3) is 0 Å². The van der Waals surface area contributed by atoms with Crippen molar-refractivity contribution in [2.45, 2.75) is 24.7 Å². The van der Waals surface area contributed by atoms with Crippen molar-refractivity contribution < 1.29 is 9.53 Å². The highest BCUT2D eigenvalue weighted by atomic mass is 79.9. The number of hydrogen-bond donors (Lipinski definition) is 0. The van der Waals surface area contributed by atoms with Crippen molar-refractivity contribution >= 4 is 27.7 Å². The van der Waals surface area contributed by atoms with E-state index in [0.717, 1.165) is 17.7 Å². The van der Waals surface area contributed by atoms with Gasteiger partial charge in [-0.3, -0.25) is 4.90 Å². The van der Waals surface area contributed by atoms with Gasteiger partial charge >= 0.3 is 6.09 Å². The van der Waals surface area contributed by atoms with E-state index >= 15 is 0 Å². The highest BCUT2D eigenvalue weighted by Gasteiger charge is 2.18. The molecule has 1 amide bonds. The summed E-state index contributed by atoms with van der Waals surface area (Å²) >= 11 is 3.48. The first kappa shape index (κ1) is 16.6. The van der Waals surface area contributed by atoms with Crippen LogP contribution >= 0.6 is 15.9 Å². The van der Waals surface area contributed by atoms with Crippen LogP contribution in [0.4, 0.5) is 10.5 Å². The summed E-state index contributed by atoms with van der Waals surface area (Å²) in [5, 5.41) is 0. The number of amides is 1. The molecular formula is C18H20BrNO2. The highest BCUT2D eigenvalue weighted by Crippen LogP contribution is 2.18. The predicted octanol–water partition coefficient (Wildman–Crippen LogP) is 5.00. The van der Waals surface area contributed by atoms with E-state index in [1.807, 2.05) is 67.6 Å². The van der Waals surface area contributed by atoms with Crippen LogP contribution in [-0.4, -0.2) is 17.5 Å². The average Bonchev–Trinajstić information content (AvgIpc) is 2.59. The zero-order chi connectivity index (χ0) is 15.8. The van der Waals surface area contributed by atoms with E-state index in [2.05, 4.69) is 15.9 Å². The SMILES string of the molecule is CC[C@@H](Br)COC(=O)N(Cc1ccccc1)c1ccccc1. The predicted molar refractivity (Wildman–Crippen MR) is 93.4 cm³/mol. The van der Waals surface area contributed by atoms with Crippen LogP contribution < -0.4 is 4.90 Å². The summed E-state index contributed by atoms with van der Waals surface area (Å²) < 4.78 is 5.42. The Kier molecular flexibility index (Phi) is 6.46. The maximum atomic E-state index is 12.5. The third-order valence-corrected chi connectivity index (χ3v) is 4.21. The highest BCUT2D eigenvalue weighted by molar-refractivity contribution is 9.09. The molecule has 2 aromatic carbocycles. The lowest BCUT2D eigenvalue weighted by atomic mass is 10.2. The molecule has 22 heavy (non-hydrogen) atoms. The smallest absolute Gasteiger partial charge is 0.414 e. The molecule has 2 rings (SSSR count). The minimum atomic E-state index is -0.326. The van der Waals surface area contributed by atoms with Crippen molar-refractivity contribution in [3.8, 4) is 0 Å². The van der Waals surface area contributed by atoms with Gasteiger partial charge in [-0.1, -0.05) is 71.4 Å². The van der Waals surface area contributed by atoms with Gasteiger partial charge in [0.15, 0.2) is 0 Å². The van der Waals surface area contributed by atoms with Crippen molar-refractivity contribution in [2.75, 3.05) is 11.5 Å². The van der Waals surface area contributed by atoms with Crippen LogP contribution in [0.5, 0.6) is 0 Å². The minimum absolute atomic E-state index is 0.186. The third-order valence-electron chi connectivity index (χ3n) is 3.30. The second kappa shape index (κ2) is 8.59. The number of hydrogen-bond acceptors (Lipinski definition) is 2. The monoisotopic (exact) mass is 361 g/mol. The lowest BCUT2D eigenvalue weighted by molar-refractivity contribution is 0.153. The molecular weight excluding hydrogens is 342 g/mol. The molecule has 116 valence electrons. The first-order chi connectivity index (χ1) is 10.7. The summed E-state index contributed by atoms with van der Waals surface area (Å²) in [6.07, 6.45) is 0.588. The fourth-order valence-electron chi connectivity index (χ4n) is 1.99. The third kappa shape index (κ3) is 4.88. The number of rotatable bonds is 6. The molecule has 0 N–H and O–H groups in total. The number of alkyl halides is 1. The van der Waals surface area contributed by atoms with E-state index in [1.165, 1.54) is 0 Å². The first-order valence-corrected chi connectivity index (χ1v) is 8.29. The number of anilines is 1. The molecule has 0 aromatic heterocycles. The molecule has 0 heterocycles. The van der Waals surface area contributed by atoms with E-state index < -0.39 is 0 Å². The number of ether oxygens (including phenoxy) is 1. The summed E-state index contributed by atoms with van der Waals surface area (Å²) in [4.78, 5) is 14.3. The van der Waals surface area contributed by atoms with Gasteiger partial charge < -0.3 is 4.74 Å². The topological polar surface area (TPSA) is 29.5 Å². The number of carbonyl (C=O) groups excluding carboxylic acids is 1. The van der Waals surface area contributed by atoms with Gasteiger partial charge in [-0.2, -0.15) is 0 Å². The van der Waals surface area contributed by atoms with E-state index in [0.29, 0.717) is 13.2 Å². The van der Waals surface area contributed by atoms with Crippen LogP contribution in [-0.2, 0) is 11.3 Å². The van der Waals surface area contributed by atoms with Gasteiger partial charge in [-0.25, -0.2) is 4.79 Å². The standard InChI is InChI=1S/C18H20BrNO2/c1-2-16(19)14-22-18(21)20(17-11-7-4-8-12-17)13-15-9-5-3-6-10-15/h3-12,16H,2,13-14H2,1H3/t16-/m1/s1. The van der Waals surface area contributed by atoms with Crippen molar-refractivity contribution in [3.05, 3.63) is 66.2 Å². The van der Waals surface area contributed by atoms with E-state index in [1.54, 1.807) is 4.90 Å².